The number of hydrogen-bond acceptors (Lipinski definition) is 3. The summed E-state index contributed by atoms with van der Waals surface area (Å²) in [5.74, 6) is -3.29. The van der Waals surface area contributed by atoms with Gasteiger partial charge in [-0.25, -0.2) is 13.6 Å². The lowest BCUT2D eigenvalue weighted by Crippen LogP contribution is -2.28. The number of carbonyl (C=O) groups is 2. The van der Waals surface area contributed by atoms with E-state index < -0.39 is 35.7 Å². The molecule has 0 spiro atoms. The number of benzene rings is 2. The molecule has 120 valence electrons. The molecule has 0 aliphatic rings. The van der Waals surface area contributed by atoms with Gasteiger partial charge in [0.25, 0.3) is 5.91 Å². The lowest BCUT2D eigenvalue weighted by Gasteiger charge is -2.09. The second kappa shape index (κ2) is 7.49. The van der Waals surface area contributed by atoms with Gasteiger partial charge in [0.05, 0.1) is 5.56 Å². The number of amides is 1. The summed E-state index contributed by atoms with van der Waals surface area (Å²) in [6.07, 6.45) is 0. The highest BCUT2D eigenvalue weighted by molar-refractivity contribution is 5.91. The first-order chi connectivity index (χ1) is 11.0. The molecular formula is C17H15F2NO3. The van der Waals surface area contributed by atoms with Crippen LogP contribution in [0.15, 0.2) is 42.5 Å². The highest BCUT2D eigenvalue weighted by Gasteiger charge is 2.15. The molecule has 0 unspecified atom stereocenters. The lowest BCUT2D eigenvalue weighted by atomic mass is 10.1. The van der Waals surface area contributed by atoms with Crippen LogP contribution in [0, 0.1) is 18.6 Å². The fourth-order valence-corrected chi connectivity index (χ4v) is 1.92. The summed E-state index contributed by atoms with van der Waals surface area (Å²) in [5.41, 5.74) is 1.41. The first-order valence-corrected chi connectivity index (χ1v) is 6.91. The van der Waals surface area contributed by atoms with Gasteiger partial charge in [0.15, 0.2) is 6.61 Å². The predicted octanol–water partition coefficient (Wildman–Crippen LogP) is 2.75. The van der Waals surface area contributed by atoms with Gasteiger partial charge in [-0.05, 0) is 36.2 Å². The third kappa shape index (κ3) is 4.60. The largest absolute Gasteiger partial charge is 0.452 e. The summed E-state index contributed by atoms with van der Waals surface area (Å²) in [6, 6.07) is 9.95. The Hall–Kier alpha value is -2.76. The second-order valence-corrected chi connectivity index (χ2v) is 4.90. The third-order valence-electron chi connectivity index (χ3n) is 3.22. The van der Waals surface area contributed by atoms with E-state index in [1.54, 1.807) is 0 Å². The number of carbonyl (C=O) groups excluding carboxylic acids is 2. The van der Waals surface area contributed by atoms with E-state index >= 15 is 0 Å². The SMILES string of the molecule is Cc1ccccc1CNC(=O)COC(=O)c1cc(F)ccc1F. The third-order valence-corrected chi connectivity index (χ3v) is 3.22. The summed E-state index contributed by atoms with van der Waals surface area (Å²) in [5, 5.41) is 2.59. The summed E-state index contributed by atoms with van der Waals surface area (Å²) < 4.78 is 31.1. The Morgan fingerprint density at radius 1 is 1.13 bits per heavy atom. The Labute approximate surface area is 132 Å². The van der Waals surface area contributed by atoms with Crippen molar-refractivity contribution in [3.63, 3.8) is 0 Å². The van der Waals surface area contributed by atoms with Crippen molar-refractivity contribution in [1.82, 2.24) is 5.32 Å². The fraction of sp³-hybridized carbons (Fsp3) is 0.176. The van der Waals surface area contributed by atoms with E-state index in [0.717, 1.165) is 29.3 Å². The van der Waals surface area contributed by atoms with Crippen LogP contribution in [-0.2, 0) is 16.1 Å². The van der Waals surface area contributed by atoms with Gasteiger partial charge in [-0.3, -0.25) is 4.79 Å². The maximum atomic E-state index is 13.4. The molecule has 0 aliphatic heterocycles. The smallest absolute Gasteiger partial charge is 0.341 e. The zero-order valence-corrected chi connectivity index (χ0v) is 12.4. The van der Waals surface area contributed by atoms with Crippen LogP contribution in [0.4, 0.5) is 8.78 Å². The molecule has 2 aromatic carbocycles. The average Bonchev–Trinajstić information content (AvgIpc) is 2.54. The van der Waals surface area contributed by atoms with E-state index in [2.05, 4.69) is 10.1 Å². The number of aryl methyl sites for hydroxylation is 1. The van der Waals surface area contributed by atoms with Crippen molar-refractivity contribution in [2.24, 2.45) is 0 Å². The Kier molecular flexibility index (Phi) is 5.41. The minimum Gasteiger partial charge on any atom is -0.452 e. The normalized spacial score (nSPS) is 10.2. The monoisotopic (exact) mass is 319 g/mol. The number of hydrogen-bond donors (Lipinski definition) is 1. The van der Waals surface area contributed by atoms with Crippen molar-refractivity contribution in [2.75, 3.05) is 6.61 Å². The van der Waals surface area contributed by atoms with Crippen LogP contribution in [0.25, 0.3) is 0 Å². The minimum atomic E-state index is -1.09. The van der Waals surface area contributed by atoms with Crippen molar-refractivity contribution in [1.29, 1.82) is 0 Å². The van der Waals surface area contributed by atoms with Crippen LogP contribution in [0.2, 0.25) is 0 Å². The van der Waals surface area contributed by atoms with E-state index in [9.17, 15) is 18.4 Å². The molecular weight excluding hydrogens is 304 g/mol. The lowest BCUT2D eigenvalue weighted by molar-refractivity contribution is -0.124. The summed E-state index contributed by atoms with van der Waals surface area (Å²) in [6.45, 7) is 1.63. The number of esters is 1. The van der Waals surface area contributed by atoms with Gasteiger partial charge < -0.3 is 10.1 Å². The van der Waals surface area contributed by atoms with Crippen molar-refractivity contribution in [3.05, 3.63) is 70.8 Å². The molecule has 2 aromatic rings. The molecule has 0 atom stereocenters. The highest BCUT2D eigenvalue weighted by atomic mass is 19.1. The molecule has 4 nitrogen and oxygen atoms in total. The van der Waals surface area contributed by atoms with Crippen LogP contribution in [0.3, 0.4) is 0 Å². The molecule has 23 heavy (non-hydrogen) atoms. The maximum absolute atomic E-state index is 13.4. The summed E-state index contributed by atoms with van der Waals surface area (Å²) in [7, 11) is 0. The standard InChI is InChI=1S/C17H15F2NO3/c1-11-4-2-3-5-12(11)9-20-16(21)10-23-17(22)14-8-13(18)6-7-15(14)19/h2-8H,9-10H2,1H3,(H,20,21). The van der Waals surface area contributed by atoms with E-state index in [4.69, 9.17) is 0 Å². The predicted molar refractivity (Wildman–Crippen MR) is 79.7 cm³/mol. The van der Waals surface area contributed by atoms with Crippen LogP contribution in [0.5, 0.6) is 0 Å². The number of rotatable bonds is 5. The Balaban J connectivity index is 1.86. The molecule has 6 heteroatoms. The van der Waals surface area contributed by atoms with E-state index in [0.29, 0.717) is 0 Å². The number of nitrogens with one attached hydrogen (secondary N) is 1. The molecule has 0 heterocycles. The minimum absolute atomic E-state index is 0.289. The zero-order chi connectivity index (χ0) is 16.8. The van der Waals surface area contributed by atoms with Gasteiger partial charge in [0, 0.05) is 6.54 Å². The van der Waals surface area contributed by atoms with Crippen LogP contribution < -0.4 is 5.32 Å². The fourth-order valence-electron chi connectivity index (χ4n) is 1.92. The average molecular weight is 319 g/mol. The highest BCUT2D eigenvalue weighted by Crippen LogP contribution is 2.11. The Morgan fingerprint density at radius 3 is 2.61 bits per heavy atom. The second-order valence-electron chi connectivity index (χ2n) is 4.90. The van der Waals surface area contributed by atoms with Crippen molar-refractivity contribution in [2.45, 2.75) is 13.5 Å². The number of ether oxygens (including phenoxy) is 1. The maximum Gasteiger partial charge on any atom is 0.341 e. The van der Waals surface area contributed by atoms with E-state index in [1.165, 1.54) is 0 Å². The molecule has 2 rings (SSSR count). The molecule has 0 fully saturated rings. The van der Waals surface area contributed by atoms with Gasteiger partial charge in [-0.15, -0.1) is 0 Å². The van der Waals surface area contributed by atoms with Crippen molar-refractivity contribution < 1.29 is 23.1 Å². The van der Waals surface area contributed by atoms with Crippen LogP contribution in [0.1, 0.15) is 21.5 Å². The molecule has 1 amide bonds. The van der Waals surface area contributed by atoms with E-state index in [1.807, 2.05) is 31.2 Å². The summed E-state index contributed by atoms with van der Waals surface area (Å²) >= 11 is 0. The first-order valence-electron chi connectivity index (χ1n) is 6.91. The van der Waals surface area contributed by atoms with Crippen LogP contribution in [-0.4, -0.2) is 18.5 Å². The quantitative estimate of drug-likeness (QED) is 0.862. The molecule has 1 N–H and O–H groups in total. The van der Waals surface area contributed by atoms with E-state index in [-0.39, 0.29) is 6.54 Å². The van der Waals surface area contributed by atoms with Gasteiger partial charge in [0.2, 0.25) is 0 Å². The Bertz CT molecular complexity index is 732. The first kappa shape index (κ1) is 16.6. The molecule has 0 bridgehead atoms. The number of halogens is 2. The topological polar surface area (TPSA) is 55.4 Å². The molecule has 0 saturated carbocycles. The molecule has 0 aliphatic carbocycles. The molecule has 0 radical (unpaired) electrons. The zero-order valence-electron chi connectivity index (χ0n) is 12.4. The van der Waals surface area contributed by atoms with Gasteiger partial charge in [0.1, 0.15) is 11.6 Å². The van der Waals surface area contributed by atoms with Crippen molar-refractivity contribution >= 4 is 11.9 Å². The van der Waals surface area contributed by atoms with Gasteiger partial charge in [-0.2, -0.15) is 0 Å². The molecule has 0 aromatic heterocycles. The molecule has 0 saturated heterocycles. The summed E-state index contributed by atoms with van der Waals surface area (Å²) in [4.78, 5) is 23.3. The van der Waals surface area contributed by atoms with Crippen molar-refractivity contribution in [3.8, 4) is 0 Å². The van der Waals surface area contributed by atoms with Crippen LogP contribution >= 0.6 is 0 Å². The van der Waals surface area contributed by atoms with Gasteiger partial charge >= 0.3 is 5.97 Å². The van der Waals surface area contributed by atoms with Gasteiger partial charge in [-0.1, -0.05) is 24.3 Å². The Morgan fingerprint density at radius 2 is 1.87 bits per heavy atom.